The van der Waals surface area contributed by atoms with E-state index in [-0.39, 0.29) is 16.4 Å². The number of anilines is 2. The van der Waals surface area contributed by atoms with Gasteiger partial charge in [-0.3, -0.25) is 4.72 Å². The van der Waals surface area contributed by atoms with Crippen LogP contribution in [-0.4, -0.2) is 20.4 Å². The maximum atomic E-state index is 13.7. The Kier molecular flexibility index (Phi) is 4.48. The average Bonchev–Trinajstić information content (AvgIpc) is 2.42. The van der Waals surface area contributed by atoms with Gasteiger partial charge in [-0.05, 0) is 46.6 Å². The predicted octanol–water partition coefficient (Wildman–Crippen LogP) is 3.13. The number of pyridine rings is 1. The summed E-state index contributed by atoms with van der Waals surface area (Å²) in [7, 11) is -2.40. The lowest BCUT2D eigenvalue weighted by Crippen LogP contribution is -2.16. The molecule has 2 aromatic rings. The minimum absolute atomic E-state index is 0.0692. The number of benzene rings is 1. The van der Waals surface area contributed by atoms with Crippen molar-refractivity contribution >= 4 is 37.5 Å². The molecule has 112 valence electrons. The topological polar surface area (TPSA) is 71.1 Å². The van der Waals surface area contributed by atoms with Crippen LogP contribution in [0.1, 0.15) is 5.56 Å². The second-order valence-electron chi connectivity index (χ2n) is 4.34. The maximum Gasteiger partial charge on any atom is 0.265 e. The molecule has 0 spiro atoms. The molecule has 21 heavy (non-hydrogen) atoms. The number of nitrogens with one attached hydrogen (secondary N) is 2. The highest BCUT2D eigenvalue weighted by Crippen LogP contribution is 2.26. The molecule has 2 rings (SSSR count). The van der Waals surface area contributed by atoms with Crippen molar-refractivity contribution in [1.29, 1.82) is 0 Å². The number of rotatable bonds is 4. The molecule has 5 nitrogen and oxygen atoms in total. The summed E-state index contributed by atoms with van der Waals surface area (Å²) in [5.41, 5.74) is 0.646. The Labute approximate surface area is 130 Å². The quantitative estimate of drug-likeness (QED) is 0.863. The lowest BCUT2D eigenvalue weighted by Gasteiger charge is -2.12. The Morgan fingerprint density at radius 2 is 2.00 bits per heavy atom. The number of aromatic nitrogens is 1. The summed E-state index contributed by atoms with van der Waals surface area (Å²) in [6, 6.07) is 5.60. The van der Waals surface area contributed by atoms with Gasteiger partial charge >= 0.3 is 0 Å². The van der Waals surface area contributed by atoms with Crippen LogP contribution < -0.4 is 10.0 Å². The van der Waals surface area contributed by atoms with Gasteiger partial charge in [0, 0.05) is 17.7 Å². The molecule has 0 fully saturated rings. The number of nitrogens with zero attached hydrogens (tertiary/aromatic N) is 1. The van der Waals surface area contributed by atoms with E-state index in [4.69, 9.17) is 0 Å². The third kappa shape index (κ3) is 3.51. The minimum atomic E-state index is -3.96. The molecule has 1 aromatic carbocycles. The molecule has 0 saturated carbocycles. The van der Waals surface area contributed by atoms with Crippen LogP contribution in [0, 0.1) is 12.7 Å². The molecule has 0 radical (unpaired) electrons. The van der Waals surface area contributed by atoms with E-state index in [2.05, 4.69) is 31.0 Å². The molecule has 0 aliphatic heterocycles. The Balaban J connectivity index is 2.48. The van der Waals surface area contributed by atoms with Crippen LogP contribution in [0.5, 0.6) is 0 Å². The summed E-state index contributed by atoms with van der Waals surface area (Å²) in [6.45, 7) is 1.75. The second kappa shape index (κ2) is 5.98. The average molecular weight is 374 g/mol. The first-order chi connectivity index (χ1) is 9.83. The van der Waals surface area contributed by atoms with Crippen LogP contribution in [0.15, 0.2) is 39.8 Å². The number of aryl methyl sites for hydroxylation is 1. The minimum Gasteiger partial charge on any atom is -0.372 e. The van der Waals surface area contributed by atoms with Gasteiger partial charge in [-0.15, -0.1) is 0 Å². The standard InChI is InChI=1S/C13H13BrFN3O2S/c1-8-3-4-10(15)11(5-8)18-21(19,20)12-6-9(14)7-17-13(12)16-2/h3-7,18H,1-2H3,(H,16,17). The molecule has 0 bridgehead atoms. The third-order valence-electron chi connectivity index (χ3n) is 2.71. The molecular formula is C13H13BrFN3O2S. The normalized spacial score (nSPS) is 11.2. The van der Waals surface area contributed by atoms with Crippen molar-refractivity contribution in [3.63, 3.8) is 0 Å². The fourth-order valence-electron chi connectivity index (χ4n) is 1.73. The highest BCUT2D eigenvalue weighted by atomic mass is 79.9. The van der Waals surface area contributed by atoms with E-state index in [1.54, 1.807) is 20.0 Å². The summed E-state index contributed by atoms with van der Waals surface area (Å²) >= 11 is 3.17. The highest BCUT2D eigenvalue weighted by Gasteiger charge is 2.21. The lowest BCUT2D eigenvalue weighted by molar-refractivity contribution is 0.598. The summed E-state index contributed by atoms with van der Waals surface area (Å²) in [4.78, 5) is 3.90. The molecule has 8 heteroatoms. The number of halogens is 2. The summed E-state index contributed by atoms with van der Waals surface area (Å²) in [5, 5.41) is 2.70. The largest absolute Gasteiger partial charge is 0.372 e. The number of sulfonamides is 1. The molecule has 1 heterocycles. The zero-order valence-electron chi connectivity index (χ0n) is 11.3. The van der Waals surface area contributed by atoms with Crippen LogP contribution in [0.25, 0.3) is 0 Å². The highest BCUT2D eigenvalue weighted by molar-refractivity contribution is 9.10. The van der Waals surface area contributed by atoms with Crippen LogP contribution >= 0.6 is 15.9 Å². The van der Waals surface area contributed by atoms with Crippen molar-refractivity contribution in [2.24, 2.45) is 0 Å². The fraction of sp³-hybridized carbons (Fsp3) is 0.154. The zero-order valence-corrected chi connectivity index (χ0v) is 13.7. The molecule has 0 aliphatic carbocycles. The first kappa shape index (κ1) is 15.7. The lowest BCUT2D eigenvalue weighted by atomic mass is 10.2. The molecule has 0 amide bonds. The van der Waals surface area contributed by atoms with E-state index < -0.39 is 15.8 Å². The van der Waals surface area contributed by atoms with E-state index in [1.165, 1.54) is 24.4 Å². The van der Waals surface area contributed by atoms with E-state index in [1.807, 2.05) is 0 Å². The molecule has 0 atom stereocenters. The molecule has 1 aromatic heterocycles. The van der Waals surface area contributed by atoms with Crippen LogP contribution in [0.3, 0.4) is 0 Å². The maximum absolute atomic E-state index is 13.7. The molecular weight excluding hydrogens is 361 g/mol. The third-order valence-corrected chi connectivity index (χ3v) is 4.52. The summed E-state index contributed by atoms with van der Waals surface area (Å²) in [6.07, 6.45) is 1.47. The first-order valence-electron chi connectivity index (χ1n) is 5.96. The zero-order chi connectivity index (χ0) is 15.6. The summed E-state index contributed by atoms with van der Waals surface area (Å²) < 4.78 is 41.3. The van der Waals surface area contributed by atoms with E-state index >= 15 is 0 Å². The van der Waals surface area contributed by atoms with Crippen LogP contribution in [0.2, 0.25) is 0 Å². The Hall–Kier alpha value is -1.67. The van der Waals surface area contributed by atoms with Gasteiger partial charge in [-0.25, -0.2) is 17.8 Å². The molecule has 0 aliphatic rings. The monoisotopic (exact) mass is 373 g/mol. The van der Waals surface area contributed by atoms with Crippen molar-refractivity contribution in [3.8, 4) is 0 Å². The van der Waals surface area contributed by atoms with Gasteiger partial charge in [0.1, 0.15) is 16.5 Å². The Bertz CT molecular complexity index is 781. The van der Waals surface area contributed by atoms with E-state index in [0.717, 1.165) is 5.56 Å². The first-order valence-corrected chi connectivity index (χ1v) is 8.23. The van der Waals surface area contributed by atoms with Gasteiger partial charge in [0.2, 0.25) is 0 Å². The van der Waals surface area contributed by atoms with Crippen LogP contribution in [0.4, 0.5) is 15.9 Å². The van der Waals surface area contributed by atoms with Gasteiger partial charge in [0.25, 0.3) is 10.0 Å². The van der Waals surface area contributed by atoms with E-state index in [0.29, 0.717) is 4.47 Å². The predicted molar refractivity (Wildman–Crippen MR) is 83.4 cm³/mol. The van der Waals surface area contributed by atoms with Crippen LogP contribution in [-0.2, 0) is 10.0 Å². The van der Waals surface area contributed by atoms with Crippen molar-refractivity contribution < 1.29 is 12.8 Å². The van der Waals surface area contributed by atoms with Gasteiger partial charge < -0.3 is 5.32 Å². The van der Waals surface area contributed by atoms with Gasteiger partial charge in [-0.1, -0.05) is 6.07 Å². The van der Waals surface area contributed by atoms with Gasteiger partial charge in [0.05, 0.1) is 5.69 Å². The molecule has 0 saturated heterocycles. The van der Waals surface area contributed by atoms with E-state index in [9.17, 15) is 12.8 Å². The summed E-state index contributed by atoms with van der Waals surface area (Å²) in [5.74, 6) is -0.461. The van der Waals surface area contributed by atoms with Crippen molar-refractivity contribution in [2.75, 3.05) is 17.1 Å². The SMILES string of the molecule is CNc1ncc(Br)cc1S(=O)(=O)Nc1cc(C)ccc1F. The molecule has 0 unspecified atom stereocenters. The Morgan fingerprint density at radius 1 is 1.29 bits per heavy atom. The molecule has 2 N–H and O–H groups in total. The van der Waals surface area contributed by atoms with Crippen molar-refractivity contribution in [2.45, 2.75) is 11.8 Å². The van der Waals surface area contributed by atoms with Crippen molar-refractivity contribution in [3.05, 3.63) is 46.3 Å². The number of hydrogen-bond donors (Lipinski definition) is 2. The van der Waals surface area contributed by atoms with Crippen molar-refractivity contribution in [1.82, 2.24) is 4.98 Å². The number of hydrogen-bond acceptors (Lipinski definition) is 4. The smallest absolute Gasteiger partial charge is 0.265 e. The van der Waals surface area contributed by atoms with Gasteiger partial charge in [-0.2, -0.15) is 0 Å². The van der Waals surface area contributed by atoms with Gasteiger partial charge in [0.15, 0.2) is 0 Å². The fourth-order valence-corrected chi connectivity index (χ4v) is 3.46. The second-order valence-corrected chi connectivity index (χ2v) is 6.91. The Morgan fingerprint density at radius 3 is 2.67 bits per heavy atom.